The van der Waals surface area contributed by atoms with E-state index in [1.54, 1.807) is 0 Å². The Morgan fingerprint density at radius 1 is 1.28 bits per heavy atom. The quantitative estimate of drug-likeness (QED) is 0.842. The fourth-order valence-electron chi connectivity index (χ4n) is 2.18. The zero-order valence-electron chi connectivity index (χ0n) is 11.7. The number of aliphatic hydroxyl groups is 1. The monoisotopic (exact) mass is 249 g/mol. The van der Waals surface area contributed by atoms with Crippen molar-refractivity contribution in [1.29, 1.82) is 0 Å². The molecule has 0 bridgehead atoms. The standard InChI is InChI=1S/C15H23NO2/c1-10(2)8-13(9-17)16-15(18)14-11(3)6-5-7-12(14)4/h5-7,10,13,17H,8-9H2,1-4H3,(H,16,18). The van der Waals surface area contributed by atoms with Crippen LogP contribution in [0.3, 0.4) is 0 Å². The molecule has 0 radical (unpaired) electrons. The van der Waals surface area contributed by atoms with Gasteiger partial charge in [-0.3, -0.25) is 4.79 Å². The zero-order valence-corrected chi connectivity index (χ0v) is 11.7. The third kappa shape index (κ3) is 3.84. The highest BCUT2D eigenvalue weighted by molar-refractivity contribution is 5.97. The summed E-state index contributed by atoms with van der Waals surface area (Å²) in [5, 5.41) is 12.2. The van der Waals surface area contributed by atoms with Crippen LogP contribution in [0.25, 0.3) is 0 Å². The van der Waals surface area contributed by atoms with E-state index < -0.39 is 0 Å². The van der Waals surface area contributed by atoms with Crippen molar-refractivity contribution in [3.63, 3.8) is 0 Å². The molecule has 1 amide bonds. The second-order valence-corrected chi connectivity index (χ2v) is 5.25. The van der Waals surface area contributed by atoms with Crippen molar-refractivity contribution in [2.45, 2.75) is 40.2 Å². The average molecular weight is 249 g/mol. The molecule has 2 N–H and O–H groups in total. The van der Waals surface area contributed by atoms with Crippen molar-refractivity contribution in [3.8, 4) is 0 Å². The highest BCUT2D eigenvalue weighted by Crippen LogP contribution is 2.14. The molecular weight excluding hydrogens is 226 g/mol. The second-order valence-electron chi connectivity index (χ2n) is 5.25. The van der Waals surface area contributed by atoms with Crippen LogP contribution in [-0.2, 0) is 0 Å². The Labute approximate surface area is 109 Å². The number of aliphatic hydroxyl groups excluding tert-OH is 1. The average Bonchev–Trinajstić information content (AvgIpc) is 2.27. The molecule has 0 saturated carbocycles. The van der Waals surface area contributed by atoms with Gasteiger partial charge in [0.25, 0.3) is 5.91 Å². The van der Waals surface area contributed by atoms with E-state index in [1.807, 2.05) is 32.0 Å². The molecular formula is C15H23NO2. The maximum absolute atomic E-state index is 12.2. The van der Waals surface area contributed by atoms with Gasteiger partial charge in [-0.1, -0.05) is 32.0 Å². The Hall–Kier alpha value is -1.35. The van der Waals surface area contributed by atoms with Crippen LogP contribution in [0.2, 0.25) is 0 Å². The Kier molecular flexibility index (Phi) is 5.35. The summed E-state index contributed by atoms with van der Waals surface area (Å²) in [5.41, 5.74) is 2.65. The molecule has 0 saturated heterocycles. The lowest BCUT2D eigenvalue weighted by molar-refractivity contribution is 0.0907. The minimum Gasteiger partial charge on any atom is -0.394 e. The molecule has 3 nitrogen and oxygen atoms in total. The van der Waals surface area contributed by atoms with Crippen LogP contribution in [0.15, 0.2) is 18.2 Å². The number of nitrogens with one attached hydrogen (secondary N) is 1. The molecule has 3 heteroatoms. The van der Waals surface area contributed by atoms with Gasteiger partial charge in [0.2, 0.25) is 0 Å². The third-order valence-electron chi connectivity index (χ3n) is 3.02. The molecule has 1 rings (SSSR count). The van der Waals surface area contributed by atoms with Crippen LogP contribution in [0.4, 0.5) is 0 Å². The van der Waals surface area contributed by atoms with E-state index in [1.165, 1.54) is 0 Å². The van der Waals surface area contributed by atoms with Gasteiger partial charge in [0.1, 0.15) is 0 Å². The van der Waals surface area contributed by atoms with Crippen molar-refractivity contribution in [3.05, 3.63) is 34.9 Å². The lowest BCUT2D eigenvalue weighted by Gasteiger charge is -2.19. The second kappa shape index (κ2) is 6.55. The predicted molar refractivity (Wildman–Crippen MR) is 73.7 cm³/mol. The molecule has 0 fully saturated rings. The first kappa shape index (κ1) is 14.7. The van der Waals surface area contributed by atoms with Gasteiger partial charge < -0.3 is 10.4 Å². The van der Waals surface area contributed by atoms with Crippen LogP contribution in [0, 0.1) is 19.8 Å². The van der Waals surface area contributed by atoms with Gasteiger partial charge in [0.15, 0.2) is 0 Å². The lowest BCUT2D eigenvalue weighted by Crippen LogP contribution is -2.39. The van der Waals surface area contributed by atoms with Crippen LogP contribution in [0.5, 0.6) is 0 Å². The summed E-state index contributed by atoms with van der Waals surface area (Å²) >= 11 is 0. The number of carbonyl (C=O) groups excluding carboxylic acids is 1. The summed E-state index contributed by atoms with van der Waals surface area (Å²) < 4.78 is 0. The molecule has 0 aliphatic carbocycles. The van der Waals surface area contributed by atoms with E-state index in [0.717, 1.165) is 23.1 Å². The Morgan fingerprint density at radius 3 is 2.28 bits per heavy atom. The largest absolute Gasteiger partial charge is 0.394 e. The van der Waals surface area contributed by atoms with E-state index in [2.05, 4.69) is 19.2 Å². The highest BCUT2D eigenvalue weighted by atomic mass is 16.3. The van der Waals surface area contributed by atoms with Crippen molar-refractivity contribution in [2.75, 3.05) is 6.61 Å². The van der Waals surface area contributed by atoms with Crippen molar-refractivity contribution in [1.82, 2.24) is 5.32 Å². The first-order valence-electron chi connectivity index (χ1n) is 6.43. The fourth-order valence-corrected chi connectivity index (χ4v) is 2.18. The first-order chi connectivity index (χ1) is 8.45. The molecule has 18 heavy (non-hydrogen) atoms. The molecule has 1 aromatic carbocycles. The smallest absolute Gasteiger partial charge is 0.252 e. The van der Waals surface area contributed by atoms with E-state index in [9.17, 15) is 9.90 Å². The SMILES string of the molecule is Cc1cccc(C)c1C(=O)NC(CO)CC(C)C. The number of carbonyl (C=O) groups is 1. The van der Waals surface area contributed by atoms with Gasteiger partial charge in [0.05, 0.1) is 12.6 Å². The Morgan fingerprint density at radius 2 is 1.83 bits per heavy atom. The third-order valence-corrected chi connectivity index (χ3v) is 3.02. The van der Waals surface area contributed by atoms with Gasteiger partial charge in [-0.2, -0.15) is 0 Å². The maximum atomic E-state index is 12.2. The van der Waals surface area contributed by atoms with Gasteiger partial charge in [-0.05, 0) is 37.3 Å². The molecule has 0 spiro atoms. The Balaban J connectivity index is 2.81. The van der Waals surface area contributed by atoms with Gasteiger partial charge in [-0.25, -0.2) is 0 Å². The van der Waals surface area contributed by atoms with E-state index in [-0.39, 0.29) is 18.6 Å². The lowest BCUT2D eigenvalue weighted by atomic mass is 10.0. The normalized spacial score (nSPS) is 12.6. The molecule has 0 heterocycles. The molecule has 100 valence electrons. The number of hydrogen-bond donors (Lipinski definition) is 2. The number of amides is 1. The van der Waals surface area contributed by atoms with Crippen molar-refractivity contribution >= 4 is 5.91 Å². The van der Waals surface area contributed by atoms with Crippen LogP contribution in [0.1, 0.15) is 41.8 Å². The summed E-state index contributed by atoms with van der Waals surface area (Å²) in [4.78, 5) is 12.2. The summed E-state index contributed by atoms with van der Waals surface area (Å²) in [7, 11) is 0. The topological polar surface area (TPSA) is 49.3 Å². The Bertz CT molecular complexity index is 393. The van der Waals surface area contributed by atoms with E-state index >= 15 is 0 Å². The highest BCUT2D eigenvalue weighted by Gasteiger charge is 2.17. The first-order valence-corrected chi connectivity index (χ1v) is 6.43. The summed E-state index contributed by atoms with van der Waals surface area (Å²) in [6.45, 7) is 7.99. The van der Waals surface area contributed by atoms with Crippen molar-refractivity contribution < 1.29 is 9.90 Å². The molecule has 1 atom stereocenters. The summed E-state index contributed by atoms with van der Waals surface area (Å²) in [5.74, 6) is 0.353. The molecule has 0 aliphatic heterocycles. The number of hydrogen-bond acceptors (Lipinski definition) is 2. The van der Waals surface area contributed by atoms with Gasteiger partial charge in [-0.15, -0.1) is 0 Å². The number of aryl methyl sites for hydroxylation is 2. The van der Waals surface area contributed by atoms with Crippen LogP contribution < -0.4 is 5.32 Å². The summed E-state index contributed by atoms with van der Waals surface area (Å²) in [6.07, 6.45) is 0.785. The fraction of sp³-hybridized carbons (Fsp3) is 0.533. The van der Waals surface area contributed by atoms with Crippen molar-refractivity contribution in [2.24, 2.45) is 5.92 Å². The predicted octanol–water partition coefficient (Wildman–Crippen LogP) is 2.44. The minimum atomic E-state index is -0.170. The molecule has 0 aliphatic rings. The molecule has 1 aromatic rings. The molecule has 0 aromatic heterocycles. The van der Waals surface area contributed by atoms with Crippen LogP contribution in [-0.4, -0.2) is 23.7 Å². The van der Waals surface area contributed by atoms with E-state index in [4.69, 9.17) is 0 Å². The van der Waals surface area contributed by atoms with Gasteiger partial charge in [0, 0.05) is 5.56 Å². The van der Waals surface area contributed by atoms with E-state index in [0.29, 0.717) is 5.92 Å². The van der Waals surface area contributed by atoms with Gasteiger partial charge >= 0.3 is 0 Å². The number of rotatable bonds is 5. The number of benzene rings is 1. The summed E-state index contributed by atoms with van der Waals surface area (Å²) in [6, 6.07) is 5.63. The zero-order chi connectivity index (χ0) is 13.7. The van der Waals surface area contributed by atoms with Crippen LogP contribution >= 0.6 is 0 Å². The minimum absolute atomic E-state index is 0.0190. The molecule has 1 unspecified atom stereocenters. The maximum Gasteiger partial charge on any atom is 0.252 e.